The highest BCUT2D eigenvalue weighted by molar-refractivity contribution is 6.06. The van der Waals surface area contributed by atoms with Crippen LogP contribution < -0.4 is 16.2 Å². The molecule has 8 nitrogen and oxygen atoms in total. The van der Waals surface area contributed by atoms with Crippen molar-refractivity contribution in [1.82, 2.24) is 25.4 Å². The second kappa shape index (κ2) is 5.86. The van der Waals surface area contributed by atoms with Gasteiger partial charge >= 0.3 is 0 Å². The van der Waals surface area contributed by atoms with Crippen molar-refractivity contribution in [3.8, 4) is 0 Å². The molecule has 0 saturated carbocycles. The molecule has 2 rings (SSSR count). The molecule has 0 atom stereocenters. The van der Waals surface area contributed by atoms with E-state index in [1.165, 1.54) is 10.7 Å². The summed E-state index contributed by atoms with van der Waals surface area (Å²) in [4.78, 5) is 40.4. The molecule has 0 bridgehead atoms. The SMILES string of the molecule is Cc1cc(C(=O)NCC(=O)NC(C)(C)C)c2c(=O)[nH]n(C)c2n1. The van der Waals surface area contributed by atoms with Crippen molar-refractivity contribution in [3.05, 3.63) is 27.7 Å². The number of H-pyrrole nitrogens is 1. The first-order valence-corrected chi connectivity index (χ1v) is 7.24. The molecule has 8 heteroatoms. The van der Waals surface area contributed by atoms with Gasteiger partial charge in [0.2, 0.25) is 5.91 Å². The van der Waals surface area contributed by atoms with E-state index in [4.69, 9.17) is 0 Å². The summed E-state index contributed by atoms with van der Waals surface area (Å²) in [6.07, 6.45) is 0. The quantitative estimate of drug-likeness (QED) is 0.751. The second-order valence-electron chi connectivity index (χ2n) is 6.49. The molecule has 2 aromatic rings. The van der Waals surface area contributed by atoms with Crippen LogP contribution in [0.2, 0.25) is 0 Å². The van der Waals surface area contributed by atoms with E-state index in [1.54, 1.807) is 14.0 Å². The van der Waals surface area contributed by atoms with Gasteiger partial charge in [-0.2, -0.15) is 0 Å². The molecule has 2 heterocycles. The first-order valence-electron chi connectivity index (χ1n) is 7.24. The summed E-state index contributed by atoms with van der Waals surface area (Å²) in [7, 11) is 1.65. The summed E-state index contributed by atoms with van der Waals surface area (Å²) in [6.45, 7) is 7.13. The lowest BCUT2D eigenvalue weighted by Crippen LogP contribution is -2.45. The van der Waals surface area contributed by atoms with E-state index in [0.717, 1.165) is 0 Å². The zero-order valence-corrected chi connectivity index (χ0v) is 13.9. The van der Waals surface area contributed by atoms with Gasteiger partial charge in [0.05, 0.1) is 17.5 Å². The largest absolute Gasteiger partial charge is 0.350 e. The third-order valence-electron chi connectivity index (χ3n) is 3.11. The predicted octanol–water partition coefficient (Wildman–Crippen LogP) is 0.215. The van der Waals surface area contributed by atoms with Gasteiger partial charge in [-0.25, -0.2) is 4.98 Å². The fourth-order valence-electron chi connectivity index (χ4n) is 2.28. The minimum atomic E-state index is -0.485. The average Bonchev–Trinajstić information content (AvgIpc) is 2.68. The Bertz CT molecular complexity index is 826. The zero-order valence-electron chi connectivity index (χ0n) is 13.9. The lowest BCUT2D eigenvalue weighted by atomic mass is 10.1. The molecular formula is C15H21N5O3. The number of amides is 2. The van der Waals surface area contributed by atoms with Gasteiger partial charge < -0.3 is 10.6 Å². The molecule has 23 heavy (non-hydrogen) atoms. The molecule has 3 N–H and O–H groups in total. The molecule has 124 valence electrons. The number of rotatable bonds is 3. The van der Waals surface area contributed by atoms with Crippen LogP contribution >= 0.6 is 0 Å². The minimum Gasteiger partial charge on any atom is -0.350 e. The molecule has 0 aliphatic heterocycles. The van der Waals surface area contributed by atoms with Gasteiger partial charge in [-0.15, -0.1) is 0 Å². The average molecular weight is 319 g/mol. The predicted molar refractivity (Wildman–Crippen MR) is 86.3 cm³/mol. The van der Waals surface area contributed by atoms with Gasteiger partial charge in [-0.1, -0.05) is 0 Å². The van der Waals surface area contributed by atoms with E-state index in [1.807, 2.05) is 20.8 Å². The number of aromatic amines is 1. The Morgan fingerprint density at radius 3 is 2.61 bits per heavy atom. The molecule has 0 aromatic carbocycles. The van der Waals surface area contributed by atoms with E-state index in [9.17, 15) is 14.4 Å². The Kier molecular flexibility index (Phi) is 4.26. The lowest BCUT2D eigenvalue weighted by Gasteiger charge is -2.20. The van der Waals surface area contributed by atoms with E-state index < -0.39 is 5.91 Å². The standard InChI is InChI=1S/C15H21N5O3/c1-8-6-9(11-12(17-8)20(5)19-14(11)23)13(22)16-7-10(21)18-15(2,3)4/h6H,7H2,1-5H3,(H,16,22)(H,18,21)(H,19,23). The Balaban J connectivity index is 2.25. The van der Waals surface area contributed by atoms with Crippen molar-refractivity contribution in [3.63, 3.8) is 0 Å². The maximum Gasteiger partial charge on any atom is 0.274 e. The molecular weight excluding hydrogens is 298 g/mol. The van der Waals surface area contributed by atoms with Gasteiger partial charge in [0, 0.05) is 18.3 Å². The number of carbonyl (C=O) groups excluding carboxylic acids is 2. The summed E-state index contributed by atoms with van der Waals surface area (Å²) >= 11 is 0. The lowest BCUT2D eigenvalue weighted by molar-refractivity contribution is -0.121. The number of nitrogens with zero attached hydrogens (tertiary/aromatic N) is 2. The van der Waals surface area contributed by atoms with Crippen LogP contribution in [0.3, 0.4) is 0 Å². The maximum atomic E-state index is 12.4. The van der Waals surface area contributed by atoms with Crippen molar-refractivity contribution in [2.75, 3.05) is 6.54 Å². The number of pyridine rings is 1. The van der Waals surface area contributed by atoms with Crippen molar-refractivity contribution >= 4 is 22.8 Å². The first-order chi connectivity index (χ1) is 10.6. The van der Waals surface area contributed by atoms with Gasteiger partial charge in [-0.05, 0) is 33.8 Å². The van der Waals surface area contributed by atoms with Crippen molar-refractivity contribution in [1.29, 1.82) is 0 Å². The molecule has 0 spiro atoms. The Morgan fingerprint density at radius 2 is 2.00 bits per heavy atom. The Morgan fingerprint density at radius 1 is 1.35 bits per heavy atom. The second-order valence-corrected chi connectivity index (χ2v) is 6.49. The van der Waals surface area contributed by atoms with E-state index in [-0.39, 0.29) is 34.5 Å². The number of carbonyl (C=O) groups is 2. The van der Waals surface area contributed by atoms with E-state index in [2.05, 4.69) is 20.7 Å². The van der Waals surface area contributed by atoms with Gasteiger partial charge in [0.15, 0.2) is 5.65 Å². The molecule has 0 fully saturated rings. The smallest absolute Gasteiger partial charge is 0.274 e. The van der Waals surface area contributed by atoms with Crippen LogP contribution in [0, 0.1) is 6.92 Å². The molecule has 0 saturated heterocycles. The van der Waals surface area contributed by atoms with E-state index in [0.29, 0.717) is 11.3 Å². The summed E-state index contributed by atoms with van der Waals surface area (Å²) in [5.74, 6) is -0.781. The van der Waals surface area contributed by atoms with Crippen LogP contribution in [0.1, 0.15) is 36.8 Å². The van der Waals surface area contributed by atoms with Crippen LogP contribution in [0.15, 0.2) is 10.9 Å². The summed E-state index contributed by atoms with van der Waals surface area (Å²) in [5.41, 5.74) is 0.451. The van der Waals surface area contributed by atoms with Crippen LogP contribution in [0.4, 0.5) is 0 Å². The fraction of sp³-hybridized carbons (Fsp3) is 0.467. The number of hydrogen-bond donors (Lipinski definition) is 3. The van der Waals surface area contributed by atoms with Gasteiger partial charge in [0.25, 0.3) is 11.5 Å². The number of aromatic nitrogens is 3. The Labute approximate surface area is 133 Å². The number of hydrogen-bond acceptors (Lipinski definition) is 4. The summed E-state index contributed by atoms with van der Waals surface area (Å²) in [6, 6.07) is 1.54. The summed E-state index contributed by atoms with van der Waals surface area (Å²) in [5, 5.41) is 8.08. The molecule has 0 aliphatic carbocycles. The number of fused-ring (bicyclic) bond motifs is 1. The first kappa shape index (κ1) is 16.7. The van der Waals surface area contributed by atoms with Crippen molar-refractivity contribution in [2.45, 2.75) is 33.2 Å². The van der Waals surface area contributed by atoms with E-state index >= 15 is 0 Å². The van der Waals surface area contributed by atoms with Crippen LogP contribution in [0.25, 0.3) is 11.0 Å². The molecule has 0 radical (unpaired) electrons. The van der Waals surface area contributed by atoms with Gasteiger partial charge in [0.1, 0.15) is 0 Å². The topological polar surface area (TPSA) is 109 Å². The zero-order chi connectivity index (χ0) is 17.4. The van der Waals surface area contributed by atoms with Crippen LogP contribution in [-0.2, 0) is 11.8 Å². The third kappa shape index (κ3) is 3.77. The minimum absolute atomic E-state index is 0.163. The molecule has 0 unspecified atom stereocenters. The van der Waals surface area contributed by atoms with Crippen molar-refractivity contribution < 1.29 is 9.59 Å². The highest BCUT2D eigenvalue weighted by atomic mass is 16.2. The monoisotopic (exact) mass is 319 g/mol. The normalized spacial score (nSPS) is 11.5. The molecule has 2 aromatic heterocycles. The van der Waals surface area contributed by atoms with Crippen LogP contribution in [0.5, 0.6) is 0 Å². The summed E-state index contributed by atoms with van der Waals surface area (Å²) < 4.78 is 1.47. The molecule has 0 aliphatic rings. The highest BCUT2D eigenvalue weighted by Crippen LogP contribution is 2.14. The van der Waals surface area contributed by atoms with Gasteiger partial charge in [-0.3, -0.25) is 24.2 Å². The molecule has 2 amide bonds. The van der Waals surface area contributed by atoms with Crippen LogP contribution in [-0.4, -0.2) is 38.7 Å². The number of aryl methyl sites for hydroxylation is 2. The third-order valence-corrected chi connectivity index (χ3v) is 3.11. The van der Waals surface area contributed by atoms with Crippen molar-refractivity contribution in [2.24, 2.45) is 7.05 Å². The fourth-order valence-corrected chi connectivity index (χ4v) is 2.28. The highest BCUT2D eigenvalue weighted by Gasteiger charge is 2.19. The number of nitrogens with one attached hydrogen (secondary N) is 3. The Hall–Kier alpha value is -2.64. The maximum absolute atomic E-state index is 12.4.